The maximum absolute atomic E-state index is 11.1. The predicted molar refractivity (Wildman–Crippen MR) is 79.6 cm³/mol. The second-order valence-corrected chi connectivity index (χ2v) is 5.55. The Morgan fingerprint density at radius 3 is 3.14 bits per heavy atom. The zero-order valence-corrected chi connectivity index (χ0v) is 11.9. The number of carbonyl (C=O) groups excluding carboxylic acids is 1. The third-order valence-electron chi connectivity index (χ3n) is 3.91. The number of carbonyl (C=O) groups is 1. The summed E-state index contributed by atoms with van der Waals surface area (Å²) in [5.74, 6) is 1.13. The molecule has 0 saturated carbocycles. The van der Waals surface area contributed by atoms with Gasteiger partial charge in [-0.05, 0) is 31.0 Å². The van der Waals surface area contributed by atoms with Gasteiger partial charge in [0, 0.05) is 13.1 Å². The molecule has 6 nitrogen and oxygen atoms in total. The van der Waals surface area contributed by atoms with Gasteiger partial charge >= 0.3 is 0 Å². The van der Waals surface area contributed by atoms with Crippen LogP contribution in [0.15, 0.2) is 24.3 Å². The number of imidazole rings is 1. The molecule has 1 unspecified atom stereocenters. The molecule has 0 aliphatic carbocycles. The highest BCUT2D eigenvalue weighted by Crippen LogP contribution is 2.18. The van der Waals surface area contributed by atoms with E-state index in [4.69, 9.17) is 5.11 Å². The van der Waals surface area contributed by atoms with Gasteiger partial charge in [0.2, 0.25) is 5.91 Å². The third-order valence-corrected chi connectivity index (χ3v) is 3.91. The van der Waals surface area contributed by atoms with Gasteiger partial charge in [-0.25, -0.2) is 4.98 Å². The third kappa shape index (κ3) is 3.40. The lowest BCUT2D eigenvalue weighted by Gasteiger charge is -2.14. The van der Waals surface area contributed by atoms with Gasteiger partial charge in [0.15, 0.2) is 0 Å². The van der Waals surface area contributed by atoms with E-state index in [1.54, 1.807) is 0 Å². The minimum absolute atomic E-state index is 0.300. The first-order valence-corrected chi connectivity index (χ1v) is 7.28. The number of fused-ring (bicyclic) bond motifs is 1. The van der Waals surface area contributed by atoms with Gasteiger partial charge in [0.05, 0.1) is 17.6 Å². The fraction of sp³-hybridized carbons (Fsp3) is 0.467. The van der Waals surface area contributed by atoms with Crippen LogP contribution in [0.2, 0.25) is 0 Å². The average Bonchev–Trinajstić information content (AvgIpc) is 3.10. The number of likely N-dealkylation sites (tertiary alicyclic amines) is 1. The molecule has 1 aliphatic heterocycles. The van der Waals surface area contributed by atoms with Crippen LogP contribution in [0.5, 0.6) is 0 Å². The monoisotopic (exact) mass is 288 g/mol. The van der Waals surface area contributed by atoms with E-state index in [1.165, 1.54) is 0 Å². The lowest BCUT2D eigenvalue weighted by Crippen LogP contribution is -2.32. The topological polar surface area (TPSA) is 81.2 Å². The number of amides is 1. The van der Waals surface area contributed by atoms with Crippen molar-refractivity contribution >= 4 is 16.9 Å². The number of aromatic amines is 1. The molecule has 0 radical (unpaired) electrons. The molecule has 1 amide bonds. The maximum Gasteiger partial charge on any atom is 0.245 e. The number of aliphatic hydroxyl groups excluding tert-OH is 1. The number of benzene rings is 1. The molecule has 0 spiro atoms. The molecule has 1 aromatic carbocycles. The van der Waals surface area contributed by atoms with Gasteiger partial charge in [0.25, 0.3) is 0 Å². The highest BCUT2D eigenvalue weighted by molar-refractivity contribution is 5.76. The number of para-hydroxylation sites is 2. The molecule has 1 atom stereocenters. The second kappa shape index (κ2) is 6.24. The Morgan fingerprint density at radius 1 is 1.48 bits per heavy atom. The van der Waals surface area contributed by atoms with Crippen LogP contribution >= 0.6 is 0 Å². The van der Waals surface area contributed by atoms with Crippen LogP contribution in [0.4, 0.5) is 0 Å². The van der Waals surface area contributed by atoms with Crippen molar-refractivity contribution in [3.8, 4) is 0 Å². The fourth-order valence-corrected chi connectivity index (χ4v) is 2.83. The lowest BCUT2D eigenvalue weighted by atomic mass is 10.1. The van der Waals surface area contributed by atoms with Crippen LogP contribution in [0, 0.1) is 5.92 Å². The van der Waals surface area contributed by atoms with E-state index in [-0.39, 0.29) is 5.91 Å². The van der Waals surface area contributed by atoms with Crippen molar-refractivity contribution in [1.82, 2.24) is 20.2 Å². The normalized spacial score (nSPS) is 19.2. The molecular formula is C15H20N4O2. The van der Waals surface area contributed by atoms with Gasteiger partial charge < -0.3 is 15.4 Å². The summed E-state index contributed by atoms with van der Waals surface area (Å²) in [6.45, 7) is 2.96. The van der Waals surface area contributed by atoms with Gasteiger partial charge in [-0.1, -0.05) is 12.1 Å². The number of hydrogen-bond donors (Lipinski definition) is 3. The molecule has 3 N–H and O–H groups in total. The summed E-state index contributed by atoms with van der Waals surface area (Å²) in [5.41, 5.74) is 2.07. The molecule has 2 heterocycles. The Bertz CT molecular complexity index is 592. The van der Waals surface area contributed by atoms with E-state index in [0.717, 1.165) is 42.9 Å². The number of aromatic nitrogens is 2. The Hall–Kier alpha value is -1.92. The summed E-state index contributed by atoms with van der Waals surface area (Å²) >= 11 is 0. The van der Waals surface area contributed by atoms with Crippen LogP contribution in [0.3, 0.4) is 0 Å². The number of H-pyrrole nitrogens is 1. The Balaban J connectivity index is 1.53. The predicted octanol–water partition coefficient (Wildman–Crippen LogP) is 0.493. The van der Waals surface area contributed by atoms with Gasteiger partial charge in [-0.15, -0.1) is 0 Å². The zero-order valence-electron chi connectivity index (χ0n) is 11.9. The second-order valence-electron chi connectivity index (χ2n) is 5.55. The Labute approximate surface area is 123 Å². The van der Waals surface area contributed by atoms with Crippen LogP contribution in [0.1, 0.15) is 12.2 Å². The largest absolute Gasteiger partial charge is 0.387 e. The summed E-state index contributed by atoms with van der Waals surface area (Å²) < 4.78 is 0. The molecule has 6 heteroatoms. The SMILES string of the molecule is O=C(CO)NCC1CCN(Cc2nc3ccccc3[nH]2)C1. The zero-order chi connectivity index (χ0) is 14.7. The van der Waals surface area contributed by atoms with E-state index >= 15 is 0 Å². The summed E-state index contributed by atoms with van der Waals surface area (Å²) in [5, 5.41) is 11.4. The standard InChI is InChI=1S/C15H20N4O2/c20-10-15(21)16-7-11-5-6-19(8-11)9-14-17-12-3-1-2-4-13(12)18-14/h1-4,11,20H,5-10H2,(H,16,21)(H,17,18). The van der Waals surface area contributed by atoms with Crippen LogP contribution in [-0.2, 0) is 11.3 Å². The highest BCUT2D eigenvalue weighted by atomic mass is 16.3. The summed E-state index contributed by atoms with van der Waals surface area (Å²) in [7, 11) is 0. The number of rotatable bonds is 5. The van der Waals surface area contributed by atoms with Crippen molar-refractivity contribution < 1.29 is 9.90 Å². The van der Waals surface area contributed by atoms with E-state index in [9.17, 15) is 4.79 Å². The average molecular weight is 288 g/mol. The van der Waals surface area contributed by atoms with E-state index in [0.29, 0.717) is 12.5 Å². The summed E-state index contributed by atoms with van der Waals surface area (Å²) in [4.78, 5) is 21.3. The molecule has 1 saturated heterocycles. The summed E-state index contributed by atoms with van der Waals surface area (Å²) in [6.07, 6.45) is 1.06. The van der Waals surface area contributed by atoms with E-state index < -0.39 is 6.61 Å². The number of nitrogens with zero attached hydrogens (tertiary/aromatic N) is 2. The first-order valence-electron chi connectivity index (χ1n) is 7.28. The first kappa shape index (κ1) is 14.0. The van der Waals surface area contributed by atoms with Gasteiger partial charge in [-0.2, -0.15) is 0 Å². The Morgan fingerprint density at radius 2 is 2.33 bits per heavy atom. The number of hydrogen-bond acceptors (Lipinski definition) is 4. The lowest BCUT2D eigenvalue weighted by molar-refractivity contribution is -0.123. The molecule has 21 heavy (non-hydrogen) atoms. The van der Waals surface area contributed by atoms with Crippen molar-refractivity contribution in [1.29, 1.82) is 0 Å². The summed E-state index contributed by atoms with van der Waals surface area (Å²) in [6, 6.07) is 8.03. The van der Waals surface area contributed by atoms with Gasteiger partial charge in [-0.3, -0.25) is 9.69 Å². The minimum atomic E-state index is -0.435. The van der Waals surface area contributed by atoms with Gasteiger partial charge in [0.1, 0.15) is 12.4 Å². The molecule has 3 rings (SSSR count). The van der Waals surface area contributed by atoms with Crippen molar-refractivity contribution in [2.75, 3.05) is 26.2 Å². The van der Waals surface area contributed by atoms with Crippen LogP contribution in [0.25, 0.3) is 11.0 Å². The molecule has 1 aromatic heterocycles. The molecule has 112 valence electrons. The highest BCUT2D eigenvalue weighted by Gasteiger charge is 2.23. The van der Waals surface area contributed by atoms with Crippen molar-refractivity contribution in [3.05, 3.63) is 30.1 Å². The molecule has 2 aromatic rings. The molecule has 1 fully saturated rings. The molecular weight excluding hydrogens is 268 g/mol. The van der Waals surface area contributed by atoms with E-state index in [2.05, 4.69) is 20.2 Å². The van der Waals surface area contributed by atoms with Crippen LogP contribution in [-0.4, -0.2) is 52.1 Å². The minimum Gasteiger partial charge on any atom is -0.387 e. The molecule has 0 bridgehead atoms. The Kier molecular flexibility index (Phi) is 4.17. The van der Waals surface area contributed by atoms with Crippen molar-refractivity contribution in [2.45, 2.75) is 13.0 Å². The number of nitrogens with one attached hydrogen (secondary N) is 2. The van der Waals surface area contributed by atoms with Crippen molar-refractivity contribution in [2.24, 2.45) is 5.92 Å². The number of aliphatic hydroxyl groups is 1. The van der Waals surface area contributed by atoms with Crippen molar-refractivity contribution in [3.63, 3.8) is 0 Å². The quantitative estimate of drug-likeness (QED) is 0.748. The molecule has 1 aliphatic rings. The maximum atomic E-state index is 11.1. The fourth-order valence-electron chi connectivity index (χ4n) is 2.83. The first-order chi connectivity index (χ1) is 10.2. The van der Waals surface area contributed by atoms with E-state index in [1.807, 2.05) is 24.3 Å². The smallest absolute Gasteiger partial charge is 0.245 e. The van der Waals surface area contributed by atoms with Crippen LogP contribution < -0.4 is 5.32 Å².